The van der Waals surface area contributed by atoms with Crippen LogP contribution in [0.5, 0.6) is 0 Å². The molecule has 2 N–H and O–H groups in total. The molecule has 0 radical (unpaired) electrons. The molecule has 5 heteroatoms. The van der Waals surface area contributed by atoms with Crippen LogP contribution in [0.4, 0.5) is 0 Å². The summed E-state index contributed by atoms with van der Waals surface area (Å²) in [6.07, 6.45) is 1.66. The van der Waals surface area contributed by atoms with Gasteiger partial charge in [0, 0.05) is 24.8 Å². The van der Waals surface area contributed by atoms with E-state index in [9.17, 15) is 4.79 Å². The highest BCUT2D eigenvalue weighted by Crippen LogP contribution is 2.21. The molecule has 0 aromatic heterocycles. The number of carbonyl (C=O) groups excluding carboxylic acids is 1. The first-order valence-electron chi connectivity index (χ1n) is 6.33. The fraction of sp³-hybridized carbons (Fsp3) is 0.833. The fourth-order valence-electron chi connectivity index (χ4n) is 1.42. The van der Waals surface area contributed by atoms with Crippen molar-refractivity contribution in [2.75, 3.05) is 19.6 Å². The van der Waals surface area contributed by atoms with Crippen LogP contribution in [-0.4, -0.2) is 36.0 Å². The van der Waals surface area contributed by atoms with Gasteiger partial charge in [0.2, 0.25) is 5.91 Å². The number of amidine groups is 1. The Labute approximate surface area is 108 Å². The van der Waals surface area contributed by atoms with Crippen LogP contribution in [-0.2, 0) is 4.79 Å². The van der Waals surface area contributed by atoms with Crippen LogP contribution in [0.15, 0.2) is 4.99 Å². The molecule has 1 aliphatic heterocycles. The number of hydrogen-bond acceptors (Lipinski definition) is 4. The van der Waals surface area contributed by atoms with E-state index >= 15 is 0 Å². The Bertz CT molecular complexity index is 279. The van der Waals surface area contributed by atoms with Crippen molar-refractivity contribution < 1.29 is 4.79 Å². The van der Waals surface area contributed by atoms with Crippen LogP contribution in [0.25, 0.3) is 0 Å². The Morgan fingerprint density at radius 2 is 2.35 bits per heavy atom. The molecule has 0 aromatic carbocycles. The van der Waals surface area contributed by atoms with Crippen molar-refractivity contribution in [1.29, 1.82) is 0 Å². The molecule has 1 aliphatic rings. The minimum absolute atomic E-state index is 0.113. The highest BCUT2D eigenvalue weighted by molar-refractivity contribution is 8.14. The molecule has 0 aromatic rings. The lowest BCUT2D eigenvalue weighted by atomic mass is 10.2. The number of carbonyl (C=O) groups is 1. The van der Waals surface area contributed by atoms with Gasteiger partial charge in [0.1, 0.15) is 0 Å². The maximum absolute atomic E-state index is 11.4. The normalized spacial score (nSPS) is 19.3. The molecule has 1 rings (SSSR count). The van der Waals surface area contributed by atoms with Gasteiger partial charge in [0.05, 0.1) is 6.54 Å². The molecule has 0 fully saturated rings. The number of hydrogen-bond donors (Lipinski definition) is 2. The van der Waals surface area contributed by atoms with E-state index < -0.39 is 0 Å². The van der Waals surface area contributed by atoms with Crippen molar-refractivity contribution in [3.8, 4) is 0 Å². The molecule has 0 saturated heterocycles. The summed E-state index contributed by atoms with van der Waals surface area (Å²) in [6, 6.07) is 0. The zero-order valence-electron chi connectivity index (χ0n) is 11.0. The predicted molar refractivity (Wildman–Crippen MR) is 74.4 cm³/mol. The summed E-state index contributed by atoms with van der Waals surface area (Å²) in [4.78, 5) is 15.8. The number of amides is 1. The van der Waals surface area contributed by atoms with E-state index in [0.29, 0.717) is 24.1 Å². The second kappa shape index (κ2) is 7.58. The van der Waals surface area contributed by atoms with E-state index in [4.69, 9.17) is 0 Å². The zero-order chi connectivity index (χ0) is 12.7. The first-order valence-corrected chi connectivity index (χ1v) is 7.21. The molecule has 1 amide bonds. The summed E-state index contributed by atoms with van der Waals surface area (Å²) in [5.74, 6) is 0.619. The molecule has 1 atom stereocenters. The summed E-state index contributed by atoms with van der Waals surface area (Å²) in [7, 11) is 0. The number of nitrogens with one attached hydrogen (secondary N) is 2. The molecule has 0 aliphatic carbocycles. The van der Waals surface area contributed by atoms with Gasteiger partial charge < -0.3 is 10.6 Å². The largest absolute Gasteiger partial charge is 0.364 e. The van der Waals surface area contributed by atoms with Crippen molar-refractivity contribution in [2.24, 2.45) is 10.9 Å². The molecule has 4 nitrogen and oxygen atoms in total. The van der Waals surface area contributed by atoms with Gasteiger partial charge in [-0.1, -0.05) is 32.5 Å². The Morgan fingerprint density at radius 1 is 1.59 bits per heavy atom. The third-order valence-corrected chi connectivity index (χ3v) is 3.82. The second-order valence-electron chi connectivity index (χ2n) is 4.67. The third-order valence-electron chi connectivity index (χ3n) is 2.51. The second-order valence-corrected chi connectivity index (χ2v) is 5.96. The third kappa shape index (κ3) is 5.96. The van der Waals surface area contributed by atoms with Gasteiger partial charge in [-0.2, -0.15) is 0 Å². The first kappa shape index (κ1) is 14.4. The van der Waals surface area contributed by atoms with Gasteiger partial charge in [0.15, 0.2) is 5.17 Å². The molecule has 98 valence electrons. The van der Waals surface area contributed by atoms with Crippen LogP contribution in [0, 0.1) is 5.92 Å². The smallest absolute Gasteiger partial charge is 0.221 e. The quantitative estimate of drug-likeness (QED) is 0.760. The van der Waals surface area contributed by atoms with Gasteiger partial charge in [-0.25, -0.2) is 0 Å². The monoisotopic (exact) mass is 257 g/mol. The summed E-state index contributed by atoms with van der Waals surface area (Å²) in [5.41, 5.74) is 0. The van der Waals surface area contributed by atoms with Gasteiger partial charge >= 0.3 is 0 Å². The van der Waals surface area contributed by atoms with Crippen molar-refractivity contribution in [3.63, 3.8) is 0 Å². The van der Waals surface area contributed by atoms with Gasteiger partial charge in [-0.05, 0) is 12.3 Å². The topological polar surface area (TPSA) is 53.5 Å². The van der Waals surface area contributed by atoms with Crippen LogP contribution in [0.3, 0.4) is 0 Å². The van der Waals surface area contributed by atoms with Gasteiger partial charge in [0.25, 0.3) is 0 Å². The molecule has 1 heterocycles. The maximum Gasteiger partial charge on any atom is 0.221 e. The zero-order valence-corrected chi connectivity index (χ0v) is 11.8. The number of nitrogens with zero attached hydrogens (tertiary/aromatic N) is 1. The Morgan fingerprint density at radius 3 is 2.94 bits per heavy atom. The fourth-order valence-corrected chi connectivity index (χ4v) is 2.38. The van der Waals surface area contributed by atoms with Crippen molar-refractivity contribution in [2.45, 2.75) is 38.9 Å². The van der Waals surface area contributed by atoms with E-state index in [0.717, 1.165) is 24.7 Å². The molecule has 0 saturated carbocycles. The van der Waals surface area contributed by atoms with Gasteiger partial charge in [-0.3, -0.25) is 9.79 Å². The average Bonchev–Trinajstić information content (AvgIpc) is 2.74. The summed E-state index contributed by atoms with van der Waals surface area (Å²) < 4.78 is 0. The van der Waals surface area contributed by atoms with Crippen LogP contribution in [0.1, 0.15) is 33.6 Å². The van der Waals surface area contributed by atoms with E-state index in [1.165, 1.54) is 0 Å². The predicted octanol–water partition coefficient (Wildman–Crippen LogP) is 1.62. The standard InChI is InChI=1S/C12H23N3OS/c1-4-10-8-15-12(17-10)13-6-5-11(16)14-7-9(2)3/h9-10H,4-8H2,1-3H3,(H,13,15)(H,14,16). The highest BCUT2D eigenvalue weighted by Gasteiger charge is 2.17. The van der Waals surface area contributed by atoms with Crippen LogP contribution in [0.2, 0.25) is 0 Å². The lowest BCUT2D eigenvalue weighted by molar-refractivity contribution is -0.121. The summed E-state index contributed by atoms with van der Waals surface area (Å²) in [5, 5.41) is 7.73. The molecule has 1 unspecified atom stereocenters. The molecular weight excluding hydrogens is 234 g/mol. The van der Waals surface area contributed by atoms with Crippen molar-refractivity contribution in [1.82, 2.24) is 10.6 Å². The van der Waals surface area contributed by atoms with E-state index in [-0.39, 0.29) is 5.91 Å². The molecule has 17 heavy (non-hydrogen) atoms. The van der Waals surface area contributed by atoms with Crippen molar-refractivity contribution in [3.05, 3.63) is 0 Å². The summed E-state index contributed by atoms with van der Waals surface area (Å²) in [6.45, 7) is 8.69. The van der Waals surface area contributed by atoms with Crippen LogP contribution < -0.4 is 10.6 Å². The van der Waals surface area contributed by atoms with Crippen LogP contribution >= 0.6 is 11.8 Å². The number of thioether (sulfide) groups is 1. The van der Waals surface area contributed by atoms with Crippen molar-refractivity contribution >= 4 is 22.8 Å². The average molecular weight is 257 g/mol. The van der Waals surface area contributed by atoms with E-state index in [2.05, 4.69) is 36.4 Å². The lowest BCUT2D eigenvalue weighted by Crippen LogP contribution is -2.31. The Balaban J connectivity index is 2.06. The van der Waals surface area contributed by atoms with E-state index in [1.54, 1.807) is 11.8 Å². The molecule has 0 bridgehead atoms. The number of rotatable bonds is 6. The summed E-state index contributed by atoms with van der Waals surface area (Å²) >= 11 is 1.79. The Hall–Kier alpha value is -0.710. The first-order chi connectivity index (χ1) is 8.11. The maximum atomic E-state index is 11.4. The SMILES string of the molecule is CCC1CN=C(NCCC(=O)NCC(C)C)S1. The number of aliphatic imine (C=N–C) groups is 1. The molecule has 0 spiro atoms. The van der Waals surface area contributed by atoms with E-state index in [1.807, 2.05) is 0 Å². The lowest BCUT2D eigenvalue weighted by Gasteiger charge is -2.09. The van der Waals surface area contributed by atoms with Gasteiger partial charge in [-0.15, -0.1) is 0 Å². The minimum Gasteiger partial charge on any atom is -0.364 e. The molecular formula is C12H23N3OS. The Kier molecular flexibility index (Phi) is 6.40. The highest BCUT2D eigenvalue weighted by atomic mass is 32.2. The minimum atomic E-state index is 0.113.